The number of aryl methyl sites for hydroxylation is 2. The lowest BCUT2D eigenvalue weighted by atomic mass is 9.74. The van der Waals surface area contributed by atoms with E-state index in [1.165, 1.54) is 17.7 Å². The van der Waals surface area contributed by atoms with E-state index in [0.29, 0.717) is 31.0 Å². The van der Waals surface area contributed by atoms with Gasteiger partial charge in [-0.25, -0.2) is 19.4 Å². The topological polar surface area (TPSA) is 105 Å². The van der Waals surface area contributed by atoms with Crippen LogP contribution in [-0.2, 0) is 6.54 Å². The molecule has 0 saturated carbocycles. The molecule has 3 aromatic rings. The van der Waals surface area contributed by atoms with E-state index in [2.05, 4.69) is 25.7 Å². The van der Waals surface area contributed by atoms with Crippen molar-refractivity contribution < 1.29 is 9.59 Å². The van der Waals surface area contributed by atoms with Gasteiger partial charge in [-0.05, 0) is 31.9 Å². The zero-order valence-corrected chi connectivity index (χ0v) is 17.9. The van der Waals surface area contributed by atoms with Gasteiger partial charge in [0.1, 0.15) is 17.8 Å². The van der Waals surface area contributed by atoms with E-state index in [0.717, 1.165) is 23.7 Å². The van der Waals surface area contributed by atoms with Crippen LogP contribution in [0.25, 0.3) is 0 Å². The third kappa shape index (κ3) is 3.67. The zero-order valence-electron chi connectivity index (χ0n) is 17.1. The van der Waals surface area contributed by atoms with Gasteiger partial charge in [-0.1, -0.05) is 18.2 Å². The van der Waals surface area contributed by atoms with Gasteiger partial charge in [0, 0.05) is 36.1 Å². The van der Waals surface area contributed by atoms with Crippen molar-refractivity contribution in [2.45, 2.75) is 32.4 Å². The highest BCUT2D eigenvalue weighted by Crippen LogP contribution is 2.47. The van der Waals surface area contributed by atoms with E-state index in [4.69, 9.17) is 0 Å². The van der Waals surface area contributed by atoms with Crippen molar-refractivity contribution in [3.63, 3.8) is 0 Å². The second-order valence-electron chi connectivity index (χ2n) is 8.08. The number of carbonyl (C=O) groups excluding carboxylic acids is 2. The number of likely N-dealkylation sites (tertiary alicyclic amines) is 1. The Morgan fingerprint density at radius 2 is 2.00 bits per heavy atom. The number of rotatable bonds is 3. The second-order valence-corrected chi connectivity index (χ2v) is 9.14. The highest BCUT2D eigenvalue weighted by atomic mass is 32.1. The minimum absolute atomic E-state index is 0.0549. The van der Waals surface area contributed by atoms with E-state index < -0.39 is 0 Å². The van der Waals surface area contributed by atoms with Gasteiger partial charge >= 0.3 is 6.03 Å². The number of para-hydroxylation sites is 1. The molecule has 1 fully saturated rings. The van der Waals surface area contributed by atoms with Crippen molar-refractivity contribution in [1.29, 1.82) is 0 Å². The molecular weight excluding hydrogens is 414 g/mol. The van der Waals surface area contributed by atoms with E-state index in [1.54, 1.807) is 0 Å². The van der Waals surface area contributed by atoms with Gasteiger partial charge < -0.3 is 15.5 Å². The first kappa shape index (κ1) is 19.7. The molecule has 31 heavy (non-hydrogen) atoms. The van der Waals surface area contributed by atoms with Gasteiger partial charge in [0.2, 0.25) is 0 Å². The number of fused-ring (bicyclic) bond motifs is 1. The van der Waals surface area contributed by atoms with Crippen LogP contribution >= 0.6 is 11.3 Å². The molecule has 3 amide bonds. The first-order valence-corrected chi connectivity index (χ1v) is 11.1. The summed E-state index contributed by atoms with van der Waals surface area (Å²) in [6.07, 6.45) is 3.11. The lowest BCUT2D eigenvalue weighted by molar-refractivity contribution is 0.0730. The van der Waals surface area contributed by atoms with Crippen LogP contribution in [-0.4, -0.2) is 49.7 Å². The average molecular weight is 438 g/mol. The summed E-state index contributed by atoms with van der Waals surface area (Å²) in [6, 6.07) is 8.67. The summed E-state index contributed by atoms with van der Waals surface area (Å²) < 4.78 is 1.84. The predicted octanol–water partition coefficient (Wildman–Crippen LogP) is 2.84. The van der Waals surface area contributed by atoms with Crippen molar-refractivity contribution in [1.82, 2.24) is 30.0 Å². The van der Waals surface area contributed by atoms with Gasteiger partial charge in [0.25, 0.3) is 5.91 Å². The van der Waals surface area contributed by atoms with Crippen LogP contribution in [0.15, 0.2) is 42.0 Å². The molecule has 5 rings (SSSR count). The Kier molecular flexibility index (Phi) is 4.93. The molecule has 4 heterocycles. The molecule has 9 nitrogen and oxygen atoms in total. The third-order valence-electron chi connectivity index (χ3n) is 6.16. The number of hydrogen-bond donors (Lipinski definition) is 2. The molecule has 0 unspecified atom stereocenters. The number of anilines is 1. The number of nitrogens with one attached hydrogen (secondary N) is 2. The first-order chi connectivity index (χ1) is 15.0. The molecule has 1 aromatic carbocycles. The van der Waals surface area contributed by atoms with Gasteiger partial charge in [0.05, 0.1) is 11.0 Å². The van der Waals surface area contributed by atoms with Crippen molar-refractivity contribution in [2.75, 3.05) is 18.4 Å². The van der Waals surface area contributed by atoms with Crippen molar-refractivity contribution in [2.24, 2.45) is 5.41 Å². The summed E-state index contributed by atoms with van der Waals surface area (Å²) >= 11 is 1.47. The smallest absolute Gasteiger partial charge is 0.319 e. The molecule has 2 aliphatic heterocycles. The van der Waals surface area contributed by atoms with Gasteiger partial charge in [-0.15, -0.1) is 11.3 Å². The summed E-state index contributed by atoms with van der Waals surface area (Å²) in [5.74, 6) is 0.675. The fourth-order valence-corrected chi connectivity index (χ4v) is 5.17. The molecule has 160 valence electrons. The molecule has 0 radical (unpaired) electrons. The van der Waals surface area contributed by atoms with E-state index in [1.807, 2.05) is 52.2 Å². The Bertz CT molecular complexity index is 1110. The molecule has 1 saturated heterocycles. The monoisotopic (exact) mass is 437 g/mol. The number of benzene rings is 1. The molecule has 2 aromatic heterocycles. The lowest BCUT2D eigenvalue weighted by Crippen LogP contribution is -2.49. The molecule has 0 bridgehead atoms. The van der Waals surface area contributed by atoms with Crippen molar-refractivity contribution in [3.8, 4) is 0 Å². The minimum Gasteiger partial charge on any atom is -0.337 e. The summed E-state index contributed by atoms with van der Waals surface area (Å²) in [7, 11) is 0. The maximum absolute atomic E-state index is 13.0. The molecule has 2 aliphatic rings. The highest BCUT2D eigenvalue weighted by molar-refractivity contribution is 7.09. The summed E-state index contributed by atoms with van der Waals surface area (Å²) in [6.45, 7) is 3.78. The number of thiazole rings is 1. The van der Waals surface area contributed by atoms with Crippen molar-refractivity contribution in [3.05, 3.63) is 58.6 Å². The van der Waals surface area contributed by atoms with E-state index in [9.17, 15) is 9.59 Å². The molecule has 0 aliphatic carbocycles. The number of amides is 3. The van der Waals surface area contributed by atoms with Crippen LogP contribution in [0.4, 0.5) is 10.5 Å². The Morgan fingerprint density at radius 1 is 1.19 bits per heavy atom. The third-order valence-corrected chi connectivity index (χ3v) is 6.93. The molecule has 10 heteroatoms. The summed E-state index contributed by atoms with van der Waals surface area (Å²) in [5.41, 5.74) is 0.913. The fraction of sp³-hybridized carbons (Fsp3) is 0.381. The quantitative estimate of drug-likeness (QED) is 0.656. The molecular formula is C21H23N7O2S. The minimum atomic E-state index is -0.345. The van der Waals surface area contributed by atoms with Gasteiger partial charge in [0.15, 0.2) is 0 Å². The fourth-order valence-electron chi connectivity index (χ4n) is 4.59. The van der Waals surface area contributed by atoms with Crippen molar-refractivity contribution >= 4 is 29.0 Å². The van der Waals surface area contributed by atoms with Gasteiger partial charge in [-0.2, -0.15) is 5.10 Å². The maximum atomic E-state index is 13.0. The Hall–Kier alpha value is -3.27. The zero-order chi connectivity index (χ0) is 21.4. The second kappa shape index (κ2) is 7.77. The number of hydrogen-bond acceptors (Lipinski definition) is 6. The molecule has 2 atom stereocenters. The van der Waals surface area contributed by atoms with Crippen LogP contribution < -0.4 is 10.6 Å². The number of urea groups is 1. The molecule has 2 N–H and O–H groups in total. The first-order valence-electron chi connectivity index (χ1n) is 10.3. The largest absolute Gasteiger partial charge is 0.337 e. The van der Waals surface area contributed by atoms with Gasteiger partial charge in [-0.3, -0.25) is 4.79 Å². The number of aromatic nitrogens is 4. The van der Waals surface area contributed by atoms with Crippen LogP contribution in [0.3, 0.4) is 0 Å². The normalized spacial score (nSPS) is 22.4. The summed E-state index contributed by atoms with van der Waals surface area (Å²) in [4.78, 5) is 36.5. The van der Waals surface area contributed by atoms with Crippen LogP contribution in [0, 0.1) is 12.3 Å². The standard InChI is InChI=1S/C21H23N7O2S/c1-14-24-16(11-31-14)19(29)27-9-7-21(12-27)8-10-28-18(22-13-23-28)17(21)26-20(30)25-15-5-3-2-4-6-15/h2-6,11,13,17H,7-10,12H2,1H3,(H2,25,26,30)/t17-,21+/m1/s1. The van der Waals surface area contributed by atoms with Crippen LogP contribution in [0.5, 0.6) is 0 Å². The Morgan fingerprint density at radius 3 is 2.77 bits per heavy atom. The summed E-state index contributed by atoms with van der Waals surface area (Å²) in [5, 5.41) is 13.0. The molecule has 1 spiro atoms. The van der Waals surface area contributed by atoms with E-state index in [-0.39, 0.29) is 23.4 Å². The van der Waals surface area contributed by atoms with Crippen LogP contribution in [0.2, 0.25) is 0 Å². The Balaban J connectivity index is 1.38. The highest BCUT2D eigenvalue weighted by Gasteiger charge is 2.51. The maximum Gasteiger partial charge on any atom is 0.319 e. The SMILES string of the molecule is Cc1nc(C(=O)N2CC[C@]3(CCn4ncnc4[C@H]3NC(=O)Nc3ccccc3)C2)cs1. The average Bonchev–Trinajstić information content (AvgIpc) is 3.51. The Labute approximate surface area is 183 Å². The van der Waals surface area contributed by atoms with Crippen LogP contribution in [0.1, 0.15) is 40.2 Å². The van der Waals surface area contributed by atoms with E-state index >= 15 is 0 Å². The predicted molar refractivity (Wildman–Crippen MR) is 116 cm³/mol. The lowest BCUT2D eigenvalue weighted by Gasteiger charge is -2.40. The number of nitrogens with zero attached hydrogens (tertiary/aromatic N) is 5. The number of carbonyl (C=O) groups is 2.